The fraction of sp³-hybridized carbons (Fsp3) is 0.111. The minimum atomic E-state index is -0.574. The maximum Gasteiger partial charge on any atom is 0.268 e. The lowest BCUT2D eigenvalue weighted by Gasteiger charge is -2.08. The van der Waals surface area contributed by atoms with E-state index >= 15 is 0 Å². The number of thiazole rings is 1. The van der Waals surface area contributed by atoms with E-state index in [1.54, 1.807) is 36.7 Å². The van der Waals surface area contributed by atoms with Crippen molar-refractivity contribution in [3.63, 3.8) is 0 Å². The molecule has 142 valence electrons. The molecule has 10 heteroatoms. The van der Waals surface area contributed by atoms with E-state index in [9.17, 15) is 10.1 Å². The summed E-state index contributed by atoms with van der Waals surface area (Å²) in [6, 6.07) is 7.08. The third-order valence-electron chi connectivity index (χ3n) is 3.79. The van der Waals surface area contributed by atoms with Crippen LogP contribution in [0.4, 0.5) is 5.13 Å². The highest BCUT2D eigenvalue weighted by Crippen LogP contribution is 2.29. The topological polar surface area (TPSA) is 83.6 Å². The van der Waals surface area contributed by atoms with Crippen LogP contribution in [-0.4, -0.2) is 20.7 Å². The van der Waals surface area contributed by atoms with Crippen LogP contribution in [0.15, 0.2) is 35.3 Å². The lowest BCUT2D eigenvalue weighted by Crippen LogP contribution is -2.13. The van der Waals surface area contributed by atoms with Gasteiger partial charge in [0.15, 0.2) is 5.13 Å². The summed E-state index contributed by atoms with van der Waals surface area (Å²) in [5, 5.41) is 19.7. The Balaban J connectivity index is 1.91. The quantitative estimate of drug-likeness (QED) is 0.426. The van der Waals surface area contributed by atoms with E-state index in [1.807, 2.05) is 6.07 Å². The maximum absolute atomic E-state index is 12.3. The number of benzene rings is 1. The van der Waals surface area contributed by atoms with E-state index in [0.717, 1.165) is 0 Å². The zero-order chi connectivity index (χ0) is 20.3. The number of hydrogen-bond donors (Lipinski definition) is 1. The summed E-state index contributed by atoms with van der Waals surface area (Å²) < 4.78 is 1.52. The van der Waals surface area contributed by atoms with Gasteiger partial charge in [-0.15, -0.1) is 11.3 Å². The summed E-state index contributed by atoms with van der Waals surface area (Å²) in [5.74, 6) is -0.574. The number of aryl methyl sites for hydroxylation is 1. The number of hydrogen-bond acceptors (Lipinski definition) is 5. The van der Waals surface area contributed by atoms with Crippen LogP contribution < -0.4 is 5.32 Å². The molecule has 0 bridgehead atoms. The van der Waals surface area contributed by atoms with Crippen LogP contribution in [0.1, 0.15) is 16.8 Å². The Morgan fingerprint density at radius 2 is 2.07 bits per heavy atom. The van der Waals surface area contributed by atoms with Crippen LogP contribution in [0.25, 0.3) is 6.08 Å². The van der Waals surface area contributed by atoms with Crippen molar-refractivity contribution in [2.24, 2.45) is 0 Å². The second-order valence-corrected chi connectivity index (χ2v) is 7.68. The van der Waals surface area contributed by atoms with Gasteiger partial charge in [-0.1, -0.05) is 40.9 Å². The van der Waals surface area contributed by atoms with E-state index in [-0.39, 0.29) is 17.3 Å². The Labute approximate surface area is 180 Å². The third kappa shape index (κ3) is 4.37. The SMILES string of the molecule is Cc1nn(Cc2c(Cl)cccc2Cl)c(Cl)c1/C=C(\C#N)C(=O)Nc1nccs1. The molecule has 0 spiro atoms. The van der Waals surface area contributed by atoms with Crippen LogP contribution in [-0.2, 0) is 11.3 Å². The van der Waals surface area contributed by atoms with Crippen molar-refractivity contribution in [2.45, 2.75) is 13.5 Å². The smallest absolute Gasteiger partial charge is 0.268 e. The zero-order valence-corrected chi connectivity index (χ0v) is 17.5. The van der Waals surface area contributed by atoms with Crippen molar-refractivity contribution < 1.29 is 4.79 Å². The lowest BCUT2D eigenvalue weighted by molar-refractivity contribution is -0.112. The minimum Gasteiger partial charge on any atom is -0.297 e. The number of carbonyl (C=O) groups is 1. The predicted molar refractivity (Wildman–Crippen MR) is 112 cm³/mol. The summed E-state index contributed by atoms with van der Waals surface area (Å²) in [7, 11) is 0. The number of nitrogens with one attached hydrogen (secondary N) is 1. The lowest BCUT2D eigenvalue weighted by atomic mass is 10.1. The maximum atomic E-state index is 12.3. The second kappa shape index (κ2) is 8.76. The van der Waals surface area contributed by atoms with Gasteiger partial charge in [-0.05, 0) is 25.1 Å². The molecule has 1 aromatic carbocycles. The largest absolute Gasteiger partial charge is 0.297 e. The van der Waals surface area contributed by atoms with Gasteiger partial charge in [-0.3, -0.25) is 10.1 Å². The first kappa shape index (κ1) is 20.4. The number of nitriles is 1. The monoisotopic (exact) mass is 451 g/mol. The molecule has 0 saturated carbocycles. The first-order valence-electron chi connectivity index (χ1n) is 7.89. The van der Waals surface area contributed by atoms with Gasteiger partial charge < -0.3 is 0 Å². The van der Waals surface area contributed by atoms with Gasteiger partial charge in [-0.25, -0.2) is 9.67 Å². The van der Waals surface area contributed by atoms with Crippen molar-refractivity contribution in [1.29, 1.82) is 5.26 Å². The number of aromatic nitrogens is 3. The first-order chi connectivity index (χ1) is 13.4. The Morgan fingerprint density at radius 1 is 1.36 bits per heavy atom. The molecule has 0 fully saturated rings. The number of rotatable bonds is 5. The van der Waals surface area contributed by atoms with E-state index in [1.165, 1.54) is 22.1 Å². The molecule has 0 aliphatic heterocycles. The van der Waals surface area contributed by atoms with Gasteiger partial charge in [0.05, 0.1) is 12.2 Å². The number of amides is 1. The number of halogens is 3. The molecule has 1 N–H and O–H groups in total. The average molecular weight is 453 g/mol. The predicted octanol–water partition coefficient (Wildman–Crippen LogP) is 5.20. The molecular formula is C18H12Cl3N5OS. The molecule has 1 amide bonds. The fourth-order valence-electron chi connectivity index (χ4n) is 2.41. The van der Waals surface area contributed by atoms with Crippen LogP contribution in [0, 0.1) is 18.3 Å². The van der Waals surface area contributed by atoms with E-state index in [0.29, 0.717) is 32.0 Å². The Hall–Kier alpha value is -2.37. The summed E-state index contributed by atoms with van der Waals surface area (Å²) in [6.07, 6.45) is 2.96. The third-order valence-corrected chi connectivity index (χ3v) is 5.58. The van der Waals surface area contributed by atoms with Crippen LogP contribution >= 0.6 is 46.1 Å². The Morgan fingerprint density at radius 3 is 2.68 bits per heavy atom. The van der Waals surface area contributed by atoms with Crippen LogP contribution in [0.5, 0.6) is 0 Å². The molecule has 0 saturated heterocycles. The summed E-state index contributed by atoms with van der Waals surface area (Å²) in [4.78, 5) is 16.3. The van der Waals surface area contributed by atoms with Gasteiger partial charge in [0.2, 0.25) is 0 Å². The molecule has 0 radical (unpaired) electrons. The Kier molecular flexibility index (Phi) is 6.37. The van der Waals surface area contributed by atoms with E-state index < -0.39 is 5.91 Å². The highest BCUT2D eigenvalue weighted by Gasteiger charge is 2.18. The molecule has 2 aromatic heterocycles. The van der Waals surface area contributed by atoms with Crippen molar-refractivity contribution in [1.82, 2.24) is 14.8 Å². The molecule has 3 rings (SSSR count). The second-order valence-electron chi connectivity index (χ2n) is 5.61. The van der Waals surface area contributed by atoms with Crippen LogP contribution in [0.2, 0.25) is 15.2 Å². The standard InChI is InChI=1S/C18H12Cl3N5OS/c1-10-12(7-11(8-22)17(27)24-18-23-5-6-28-18)16(21)26(25-10)9-13-14(19)3-2-4-15(13)20/h2-7H,9H2,1H3,(H,23,24,27)/b11-7+. The molecule has 2 heterocycles. The fourth-order valence-corrected chi connectivity index (χ4v) is 3.74. The molecule has 3 aromatic rings. The van der Waals surface area contributed by atoms with Gasteiger partial charge in [0.1, 0.15) is 16.8 Å². The van der Waals surface area contributed by atoms with Gasteiger partial charge >= 0.3 is 0 Å². The van der Waals surface area contributed by atoms with Gasteiger partial charge in [0.25, 0.3) is 5.91 Å². The Bertz CT molecular complexity index is 1080. The molecule has 0 unspecified atom stereocenters. The van der Waals surface area contributed by atoms with Crippen molar-refractivity contribution in [3.8, 4) is 6.07 Å². The van der Waals surface area contributed by atoms with Crippen molar-refractivity contribution >= 4 is 63.3 Å². The van der Waals surface area contributed by atoms with Crippen LogP contribution in [0.3, 0.4) is 0 Å². The van der Waals surface area contributed by atoms with Gasteiger partial charge in [0, 0.05) is 32.7 Å². The minimum absolute atomic E-state index is 0.115. The molecule has 28 heavy (non-hydrogen) atoms. The normalized spacial score (nSPS) is 11.3. The van der Waals surface area contributed by atoms with Gasteiger partial charge in [-0.2, -0.15) is 10.4 Å². The number of anilines is 1. The molecular weight excluding hydrogens is 441 g/mol. The summed E-state index contributed by atoms with van der Waals surface area (Å²) in [6.45, 7) is 1.98. The van der Waals surface area contributed by atoms with E-state index in [2.05, 4.69) is 15.4 Å². The first-order valence-corrected chi connectivity index (χ1v) is 9.90. The molecule has 0 aliphatic carbocycles. The molecule has 0 atom stereocenters. The number of nitrogens with zero attached hydrogens (tertiary/aromatic N) is 4. The van der Waals surface area contributed by atoms with E-state index in [4.69, 9.17) is 34.8 Å². The summed E-state index contributed by atoms with van der Waals surface area (Å²) in [5.41, 5.74) is 1.59. The molecule has 6 nitrogen and oxygen atoms in total. The number of carbonyl (C=O) groups excluding carboxylic acids is 1. The highest BCUT2D eigenvalue weighted by molar-refractivity contribution is 7.13. The molecule has 0 aliphatic rings. The van der Waals surface area contributed by atoms with Crippen molar-refractivity contribution in [2.75, 3.05) is 5.32 Å². The highest BCUT2D eigenvalue weighted by atomic mass is 35.5. The zero-order valence-electron chi connectivity index (χ0n) is 14.4. The summed E-state index contributed by atoms with van der Waals surface area (Å²) >= 11 is 20.1. The average Bonchev–Trinajstić information content (AvgIpc) is 3.25. The van der Waals surface area contributed by atoms with Crippen molar-refractivity contribution in [3.05, 3.63) is 67.4 Å².